The second kappa shape index (κ2) is 8.09. The Hall–Kier alpha value is -3.39. The quantitative estimate of drug-likeness (QED) is 0.262. The molecule has 2 heteroatoms. The van der Waals surface area contributed by atoms with Crippen molar-refractivity contribution in [2.24, 2.45) is 11.8 Å². The average molecular weight is 460 g/mol. The van der Waals surface area contributed by atoms with Crippen LogP contribution in [-0.2, 0) is 5.41 Å². The van der Waals surface area contributed by atoms with Gasteiger partial charge in [-0.15, -0.1) is 0 Å². The molecule has 0 aliphatic heterocycles. The maximum atomic E-state index is 6.66. The summed E-state index contributed by atoms with van der Waals surface area (Å²) in [7, 11) is 0. The van der Waals surface area contributed by atoms with Gasteiger partial charge in [-0.1, -0.05) is 76.2 Å². The van der Waals surface area contributed by atoms with Gasteiger partial charge in [0.05, 0.1) is 5.69 Å². The molecule has 0 atom stereocenters. The third-order valence-electron chi connectivity index (χ3n) is 7.58. The van der Waals surface area contributed by atoms with Crippen LogP contribution in [0.2, 0.25) is 0 Å². The first kappa shape index (κ1) is 22.1. The number of hydrogen-bond donors (Lipinski definition) is 0. The zero-order valence-corrected chi connectivity index (χ0v) is 21.4. The number of para-hydroxylation sites is 1. The van der Waals surface area contributed by atoms with Crippen molar-refractivity contribution in [1.82, 2.24) is 4.98 Å². The molecule has 0 unspecified atom stereocenters. The summed E-state index contributed by atoms with van der Waals surface area (Å²) in [6.07, 6.45) is 4.18. The zero-order valence-electron chi connectivity index (χ0n) is 21.4. The molecule has 1 aliphatic rings. The molecular formula is C33H33NO. The fourth-order valence-electron chi connectivity index (χ4n) is 6.61. The summed E-state index contributed by atoms with van der Waals surface area (Å²) in [5.41, 5.74) is 10.8. The average Bonchev–Trinajstić information content (AvgIpc) is 3.33. The maximum Gasteiger partial charge on any atom is 0.144 e. The number of aryl methyl sites for hydroxylation is 1. The molecule has 0 amide bonds. The number of pyridine rings is 1. The highest BCUT2D eigenvalue weighted by Crippen LogP contribution is 2.58. The highest BCUT2D eigenvalue weighted by molar-refractivity contribution is 6.14. The van der Waals surface area contributed by atoms with Gasteiger partial charge in [0.1, 0.15) is 11.2 Å². The number of rotatable bonds is 5. The largest absolute Gasteiger partial charge is 0.455 e. The molecule has 176 valence electrons. The standard InChI is InChI=1S/C33H33NO/c1-20(2)17-33(18-21(3)4)27-12-7-6-9-23(27)24-14-16-29-30(31(24)33)26-11-8-10-25(32(26)35-29)28-15-13-22(5)19-34-28/h6-16,19-21H,17-18H2,1-5H3. The molecule has 0 spiro atoms. The fourth-order valence-corrected chi connectivity index (χ4v) is 6.61. The van der Waals surface area contributed by atoms with Crippen molar-refractivity contribution >= 4 is 21.9 Å². The van der Waals surface area contributed by atoms with E-state index in [4.69, 9.17) is 9.40 Å². The molecule has 0 saturated heterocycles. The van der Waals surface area contributed by atoms with Crippen LogP contribution >= 0.6 is 0 Å². The van der Waals surface area contributed by atoms with Crippen molar-refractivity contribution < 1.29 is 4.42 Å². The minimum Gasteiger partial charge on any atom is -0.455 e. The predicted octanol–water partition coefficient (Wildman–Crippen LogP) is 9.32. The summed E-state index contributed by atoms with van der Waals surface area (Å²) < 4.78 is 6.66. The number of hydrogen-bond acceptors (Lipinski definition) is 2. The molecule has 35 heavy (non-hydrogen) atoms. The Morgan fingerprint density at radius 1 is 0.771 bits per heavy atom. The van der Waals surface area contributed by atoms with Crippen LogP contribution in [0.5, 0.6) is 0 Å². The van der Waals surface area contributed by atoms with Crippen molar-refractivity contribution in [2.75, 3.05) is 0 Å². The molecule has 0 N–H and O–H groups in total. The first-order valence-electron chi connectivity index (χ1n) is 12.9. The predicted molar refractivity (Wildman–Crippen MR) is 147 cm³/mol. The van der Waals surface area contributed by atoms with Crippen LogP contribution in [0, 0.1) is 18.8 Å². The normalized spacial score (nSPS) is 14.3. The second-order valence-corrected chi connectivity index (χ2v) is 11.2. The Morgan fingerprint density at radius 2 is 1.51 bits per heavy atom. The number of aromatic nitrogens is 1. The molecule has 6 rings (SSSR count). The van der Waals surface area contributed by atoms with E-state index < -0.39 is 0 Å². The van der Waals surface area contributed by atoms with Crippen molar-refractivity contribution in [2.45, 2.75) is 52.9 Å². The summed E-state index contributed by atoms with van der Waals surface area (Å²) in [4.78, 5) is 4.72. The molecule has 0 fully saturated rings. The molecule has 2 nitrogen and oxygen atoms in total. The van der Waals surface area contributed by atoms with Crippen molar-refractivity contribution in [1.29, 1.82) is 0 Å². The number of furan rings is 1. The van der Waals surface area contributed by atoms with E-state index in [9.17, 15) is 0 Å². The van der Waals surface area contributed by atoms with Crippen molar-refractivity contribution in [3.8, 4) is 22.4 Å². The van der Waals surface area contributed by atoms with Gasteiger partial charge in [0.15, 0.2) is 0 Å². The molecular weight excluding hydrogens is 426 g/mol. The molecule has 3 aromatic carbocycles. The van der Waals surface area contributed by atoms with Gasteiger partial charge in [-0.3, -0.25) is 4.98 Å². The van der Waals surface area contributed by atoms with Crippen LogP contribution in [-0.4, -0.2) is 4.98 Å². The summed E-state index contributed by atoms with van der Waals surface area (Å²) >= 11 is 0. The van der Waals surface area contributed by atoms with Crippen LogP contribution in [0.3, 0.4) is 0 Å². The zero-order chi connectivity index (χ0) is 24.3. The third-order valence-corrected chi connectivity index (χ3v) is 7.58. The van der Waals surface area contributed by atoms with Crippen molar-refractivity contribution in [3.05, 3.63) is 89.6 Å². The van der Waals surface area contributed by atoms with Crippen LogP contribution in [0.1, 0.15) is 57.2 Å². The lowest BCUT2D eigenvalue weighted by Crippen LogP contribution is -2.29. The molecule has 2 aromatic heterocycles. The van der Waals surface area contributed by atoms with E-state index >= 15 is 0 Å². The van der Waals surface area contributed by atoms with Crippen LogP contribution in [0.25, 0.3) is 44.3 Å². The Bertz CT molecular complexity index is 1540. The van der Waals surface area contributed by atoms with E-state index in [1.165, 1.54) is 33.0 Å². The Balaban J connectivity index is 1.72. The van der Waals surface area contributed by atoms with Gasteiger partial charge < -0.3 is 4.42 Å². The molecule has 0 bridgehead atoms. The number of benzene rings is 3. The third kappa shape index (κ3) is 3.34. The molecule has 2 heterocycles. The van der Waals surface area contributed by atoms with Gasteiger partial charge in [-0.2, -0.15) is 0 Å². The van der Waals surface area contributed by atoms with Gasteiger partial charge in [0, 0.05) is 27.9 Å². The van der Waals surface area contributed by atoms with Gasteiger partial charge in [0.2, 0.25) is 0 Å². The Labute approximate surface area is 208 Å². The fraction of sp³-hybridized carbons (Fsp3) is 0.303. The van der Waals surface area contributed by atoms with Crippen molar-refractivity contribution in [3.63, 3.8) is 0 Å². The summed E-state index contributed by atoms with van der Waals surface area (Å²) in [6.45, 7) is 11.5. The molecule has 5 aromatic rings. The second-order valence-electron chi connectivity index (χ2n) is 11.2. The molecule has 1 aliphatic carbocycles. The first-order chi connectivity index (χ1) is 16.9. The lowest BCUT2D eigenvalue weighted by molar-refractivity contribution is 0.339. The highest BCUT2D eigenvalue weighted by Gasteiger charge is 2.45. The van der Waals surface area contributed by atoms with E-state index in [0.717, 1.165) is 40.8 Å². The number of fused-ring (bicyclic) bond motifs is 7. The monoisotopic (exact) mass is 459 g/mol. The molecule has 0 saturated carbocycles. The SMILES string of the molecule is Cc1ccc(-c2cccc3c2oc2ccc4c(c23)C(CC(C)C)(CC(C)C)c2ccccc2-4)nc1. The van der Waals surface area contributed by atoms with E-state index in [-0.39, 0.29) is 5.41 Å². The van der Waals surface area contributed by atoms with Crippen LogP contribution < -0.4 is 0 Å². The van der Waals surface area contributed by atoms with E-state index in [0.29, 0.717) is 11.8 Å². The van der Waals surface area contributed by atoms with E-state index in [1.807, 2.05) is 6.20 Å². The number of nitrogens with zero attached hydrogens (tertiary/aromatic N) is 1. The van der Waals surface area contributed by atoms with Gasteiger partial charge in [0.25, 0.3) is 0 Å². The first-order valence-corrected chi connectivity index (χ1v) is 12.9. The minimum absolute atomic E-state index is 0.0251. The van der Waals surface area contributed by atoms with Crippen LogP contribution in [0.4, 0.5) is 0 Å². The van der Waals surface area contributed by atoms with E-state index in [2.05, 4.69) is 101 Å². The summed E-state index contributed by atoms with van der Waals surface area (Å²) in [6, 6.07) is 24.3. The maximum absolute atomic E-state index is 6.66. The topological polar surface area (TPSA) is 26.0 Å². The van der Waals surface area contributed by atoms with Crippen LogP contribution in [0.15, 0.2) is 77.3 Å². The smallest absolute Gasteiger partial charge is 0.144 e. The Morgan fingerprint density at radius 3 is 2.23 bits per heavy atom. The highest BCUT2D eigenvalue weighted by atomic mass is 16.3. The van der Waals surface area contributed by atoms with Gasteiger partial charge >= 0.3 is 0 Å². The minimum atomic E-state index is -0.0251. The summed E-state index contributed by atoms with van der Waals surface area (Å²) in [5, 5.41) is 2.48. The van der Waals surface area contributed by atoms with Gasteiger partial charge in [-0.05, 0) is 77.6 Å². The summed E-state index contributed by atoms with van der Waals surface area (Å²) in [5.74, 6) is 1.15. The Kier molecular flexibility index (Phi) is 5.11. The molecule has 0 radical (unpaired) electrons. The van der Waals surface area contributed by atoms with E-state index in [1.54, 1.807) is 0 Å². The van der Waals surface area contributed by atoms with Gasteiger partial charge in [-0.25, -0.2) is 0 Å². The lowest BCUT2D eigenvalue weighted by atomic mass is 9.67. The lowest BCUT2D eigenvalue weighted by Gasteiger charge is -2.36.